The average molecular weight is 452 g/mol. The number of para-hydroxylation sites is 1. The summed E-state index contributed by atoms with van der Waals surface area (Å²) in [6.07, 6.45) is 2.65. The number of halogens is 1. The molecule has 7 heteroatoms. The normalized spacial score (nSPS) is 11.8. The largest absolute Gasteiger partial charge is 0.424 e. The number of benzene rings is 3. The van der Waals surface area contributed by atoms with E-state index in [4.69, 9.17) is 4.74 Å². The minimum atomic E-state index is -0.896. The molecule has 0 spiro atoms. The Morgan fingerprint density at radius 1 is 0.853 bits per heavy atom. The highest BCUT2D eigenvalue weighted by atomic mass is 19.1. The fourth-order valence-electron chi connectivity index (χ4n) is 3.70. The first kappa shape index (κ1) is 21.5. The van der Waals surface area contributed by atoms with Gasteiger partial charge in [-0.15, -0.1) is 0 Å². The minimum Gasteiger partial charge on any atom is -0.424 e. The van der Waals surface area contributed by atoms with Gasteiger partial charge in [0, 0.05) is 18.2 Å². The average Bonchev–Trinajstić information content (AvgIpc) is 3.31. The van der Waals surface area contributed by atoms with E-state index in [1.54, 1.807) is 35.3 Å². The summed E-state index contributed by atoms with van der Waals surface area (Å²) < 4.78 is 21.0. The van der Waals surface area contributed by atoms with E-state index in [1.807, 2.05) is 60.7 Å². The number of aliphatic hydroxyl groups is 1. The van der Waals surface area contributed by atoms with Gasteiger partial charge in [-0.2, -0.15) is 4.98 Å². The van der Waals surface area contributed by atoms with Gasteiger partial charge in [0.05, 0.1) is 23.4 Å². The summed E-state index contributed by atoms with van der Waals surface area (Å²) in [5.74, 6) is 0.269. The summed E-state index contributed by atoms with van der Waals surface area (Å²) in [4.78, 5) is 13.4. The van der Waals surface area contributed by atoms with Crippen LogP contribution in [0, 0.1) is 5.82 Å². The van der Waals surface area contributed by atoms with E-state index in [0.29, 0.717) is 34.8 Å². The Hall–Kier alpha value is -4.36. The lowest BCUT2D eigenvalue weighted by Crippen LogP contribution is -2.12. The van der Waals surface area contributed by atoms with Gasteiger partial charge in [-0.05, 0) is 48.0 Å². The highest BCUT2D eigenvalue weighted by Crippen LogP contribution is 2.33. The highest BCUT2D eigenvalue weighted by molar-refractivity contribution is 5.77. The summed E-state index contributed by atoms with van der Waals surface area (Å²) in [5.41, 5.74) is 3.34. The first-order valence-electron chi connectivity index (χ1n) is 10.8. The van der Waals surface area contributed by atoms with Crippen LogP contribution in [-0.2, 0) is 6.42 Å². The van der Waals surface area contributed by atoms with E-state index < -0.39 is 6.23 Å². The number of imidazole rings is 1. The number of nitrogens with zero attached hydrogens (tertiary/aromatic N) is 4. The van der Waals surface area contributed by atoms with E-state index in [9.17, 15) is 9.50 Å². The van der Waals surface area contributed by atoms with Gasteiger partial charge in [-0.1, -0.05) is 48.5 Å². The molecule has 1 atom stereocenters. The quantitative estimate of drug-likeness (QED) is 0.344. The van der Waals surface area contributed by atoms with Crippen molar-refractivity contribution in [3.05, 3.63) is 115 Å². The zero-order valence-corrected chi connectivity index (χ0v) is 18.1. The van der Waals surface area contributed by atoms with Crippen LogP contribution in [0.5, 0.6) is 11.8 Å². The molecule has 6 nitrogen and oxygen atoms in total. The van der Waals surface area contributed by atoms with Crippen LogP contribution < -0.4 is 4.74 Å². The maximum Gasteiger partial charge on any atom is 0.322 e. The van der Waals surface area contributed by atoms with Gasteiger partial charge in [0.25, 0.3) is 0 Å². The van der Waals surface area contributed by atoms with Crippen molar-refractivity contribution in [2.75, 3.05) is 0 Å². The van der Waals surface area contributed by atoms with Crippen LogP contribution in [0.3, 0.4) is 0 Å². The maximum absolute atomic E-state index is 13.6. The second-order valence-corrected chi connectivity index (χ2v) is 7.67. The summed E-state index contributed by atoms with van der Waals surface area (Å²) in [5, 5.41) is 11.1. The number of ether oxygens (including phenoxy) is 1. The Bertz CT molecular complexity index is 1370. The molecule has 0 aliphatic heterocycles. The number of rotatable bonds is 7. The van der Waals surface area contributed by atoms with E-state index in [2.05, 4.69) is 15.0 Å². The van der Waals surface area contributed by atoms with E-state index in [0.717, 1.165) is 5.56 Å². The van der Waals surface area contributed by atoms with Gasteiger partial charge >= 0.3 is 6.01 Å². The zero-order valence-electron chi connectivity index (χ0n) is 18.1. The van der Waals surface area contributed by atoms with Crippen LogP contribution >= 0.6 is 0 Å². The van der Waals surface area contributed by atoms with E-state index in [-0.39, 0.29) is 11.8 Å². The van der Waals surface area contributed by atoms with Crippen LogP contribution in [-0.4, -0.2) is 24.6 Å². The number of aromatic nitrogens is 4. The Kier molecular flexibility index (Phi) is 6.09. The SMILES string of the molecule is OC(Cc1ccccc1)n1cnc(-c2ccc(F)cc2)c1-c1ccnc(Oc2ccccc2)n1. The molecule has 0 saturated heterocycles. The minimum absolute atomic E-state index is 0.166. The van der Waals surface area contributed by atoms with Crippen LogP contribution in [0.2, 0.25) is 0 Å². The van der Waals surface area contributed by atoms with Gasteiger partial charge < -0.3 is 14.4 Å². The van der Waals surface area contributed by atoms with Gasteiger partial charge in [0.1, 0.15) is 17.8 Å². The monoisotopic (exact) mass is 452 g/mol. The Balaban J connectivity index is 1.57. The first-order valence-corrected chi connectivity index (χ1v) is 10.8. The summed E-state index contributed by atoms with van der Waals surface area (Å²) >= 11 is 0. The van der Waals surface area contributed by atoms with Crippen molar-refractivity contribution in [1.82, 2.24) is 19.5 Å². The molecule has 0 fully saturated rings. The third kappa shape index (κ3) is 4.69. The van der Waals surface area contributed by atoms with Crippen molar-refractivity contribution < 1.29 is 14.2 Å². The predicted molar refractivity (Wildman–Crippen MR) is 127 cm³/mol. The third-order valence-electron chi connectivity index (χ3n) is 5.32. The summed E-state index contributed by atoms with van der Waals surface area (Å²) in [7, 11) is 0. The number of aliphatic hydroxyl groups excluding tert-OH is 1. The molecule has 168 valence electrons. The topological polar surface area (TPSA) is 73.1 Å². The molecule has 0 bridgehead atoms. The fourth-order valence-corrected chi connectivity index (χ4v) is 3.70. The molecule has 1 N–H and O–H groups in total. The fraction of sp³-hybridized carbons (Fsp3) is 0.0741. The van der Waals surface area contributed by atoms with Crippen molar-refractivity contribution in [3.8, 4) is 34.4 Å². The van der Waals surface area contributed by atoms with Crippen molar-refractivity contribution in [3.63, 3.8) is 0 Å². The molecule has 1 unspecified atom stereocenters. The standard InChI is InChI=1S/C27H21FN4O2/c28-21-13-11-20(12-14-21)25-26(32(18-30-25)24(33)17-19-7-3-1-4-8-19)23-15-16-29-27(31-23)34-22-9-5-2-6-10-22/h1-16,18,24,33H,17H2. The van der Waals surface area contributed by atoms with Crippen molar-refractivity contribution in [2.24, 2.45) is 0 Å². The molecule has 0 aliphatic carbocycles. The lowest BCUT2D eigenvalue weighted by atomic mass is 10.1. The van der Waals surface area contributed by atoms with E-state index >= 15 is 0 Å². The third-order valence-corrected chi connectivity index (χ3v) is 5.32. The molecular formula is C27H21FN4O2. The zero-order chi connectivity index (χ0) is 23.3. The van der Waals surface area contributed by atoms with Crippen LogP contribution in [0.1, 0.15) is 11.8 Å². The Morgan fingerprint density at radius 2 is 1.56 bits per heavy atom. The smallest absolute Gasteiger partial charge is 0.322 e. The first-order chi connectivity index (χ1) is 16.7. The molecule has 0 aliphatic rings. The van der Waals surface area contributed by atoms with Crippen LogP contribution in [0.15, 0.2) is 104 Å². The predicted octanol–water partition coefficient (Wildman–Crippen LogP) is 5.67. The maximum atomic E-state index is 13.6. The van der Waals surface area contributed by atoms with Crippen molar-refractivity contribution in [1.29, 1.82) is 0 Å². The summed E-state index contributed by atoms with van der Waals surface area (Å²) in [6.45, 7) is 0. The van der Waals surface area contributed by atoms with Crippen LogP contribution in [0.25, 0.3) is 22.6 Å². The molecule has 0 amide bonds. The molecule has 0 saturated carbocycles. The molecule has 0 radical (unpaired) electrons. The van der Waals surface area contributed by atoms with E-state index in [1.165, 1.54) is 12.1 Å². The molecule has 5 aromatic rings. The number of hydrogen-bond donors (Lipinski definition) is 1. The van der Waals surface area contributed by atoms with Gasteiger partial charge in [0.2, 0.25) is 0 Å². The molecule has 34 heavy (non-hydrogen) atoms. The second-order valence-electron chi connectivity index (χ2n) is 7.67. The van der Waals surface area contributed by atoms with Crippen molar-refractivity contribution >= 4 is 0 Å². The summed E-state index contributed by atoms with van der Waals surface area (Å²) in [6, 6.07) is 26.9. The Morgan fingerprint density at radius 3 is 2.29 bits per heavy atom. The molecule has 5 rings (SSSR count). The molecule has 3 aromatic carbocycles. The second kappa shape index (κ2) is 9.64. The van der Waals surface area contributed by atoms with Gasteiger partial charge in [-0.25, -0.2) is 14.4 Å². The highest BCUT2D eigenvalue weighted by Gasteiger charge is 2.21. The lowest BCUT2D eigenvalue weighted by Gasteiger charge is -2.17. The Labute approximate surface area is 196 Å². The van der Waals surface area contributed by atoms with Crippen molar-refractivity contribution in [2.45, 2.75) is 12.6 Å². The number of hydrogen-bond acceptors (Lipinski definition) is 5. The molecule has 2 heterocycles. The van der Waals surface area contributed by atoms with Gasteiger partial charge in [0.15, 0.2) is 0 Å². The molecule has 2 aromatic heterocycles. The lowest BCUT2D eigenvalue weighted by molar-refractivity contribution is 0.106. The van der Waals surface area contributed by atoms with Gasteiger partial charge in [-0.3, -0.25) is 0 Å². The molecular weight excluding hydrogens is 431 g/mol. The van der Waals surface area contributed by atoms with Crippen LogP contribution in [0.4, 0.5) is 4.39 Å².